The van der Waals surface area contributed by atoms with Gasteiger partial charge in [0, 0.05) is 24.2 Å². The van der Waals surface area contributed by atoms with Gasteiger partial charge >= 0.3 is 0 Å². The third-order valence-corrected chi connectivity index (χ3v) is 5.15. The van der Waals surface area contributed by atoms with Crippen LogP contribution in [-0.4, -0.2) is 19.8 Å². The standard InChI is InChI=1S/C24H24FNO2/c1-27-22-12-6-9-18-13-14-20(28-24(18)22)16-26-15-19-10-5-11-21(23(19)25)17-7-3-2-4-8-17/h2-12,20,26H,13-16H2,1H3/t20-/m0/s1. The van der Waals surface area contributed by atoms with Gasteiger partial charge in [0.25, 0.3) is 0 Å². The first-order chi connectivity index (χ1) is 13.8. The SMILES string of the molecule is COc1cccc2c1O[C@H](CNCc1cccc(-c3ccccc3)c1F)CC2. The third-order valence-electron chi connectivity index (χ3n) is 5.15. The van der Waals surface area contributed by atoms with E-state index in [0.717, 1.165) is 29.9 Å². The van der Waals surface area contributed by atoms with Gasteiger partial charge in [-0.15, -0.1) is 0 Å². The lowest BCUT2D eigenvalue weighted by Crippen LogP contribution is -2.34. The number of rotatable bonds is 6. The number of para-hydroxylation sites is 1. The summed E-state index contributed by atoms with van der Waals surface area (Å²) in [6.45, 7) is 1.12. The van der Waals surface area contributed by atoms with Crippen LogP contribution in [0.3, 0.4) is 0 Å². The van der Waals surface area contributed by atoms with E-state index in [4.69, 9.17) is 9.47 Å². The first kappa shape index (κ1) is 18.5. The summed E-state index contributed by atoms with van der Waals surface area (Å²) in [5.41, 5.74) is 3.36. The lowest BCUT2D eigenvalue weighted by molar-refractivity contribution is 0.163. The van der Waals surface area contributed by atoms with Gasteiger partial charge in [-0.1, -0.05) is 60.7 Å². The fourth-order valence-electron chi connectivity index (χ4n) is 3.66. The zero-order valence-electron chi connectivity index (χ0n) is 16.0. The van der Waals surface area contributed by atoms with Crippen LogP contribution < -0.4 is 14.8 Å². The Morgan fingerprint density at radius 3 is 2.68 bits per heavy atom. The van der Waals surface area contributed by atoms with Gasteiger partial charge in [0.2, 0.25) is 0 Å². The van der Waals surface area contributed by atoms with E-state index >= 15 is 0 Å². The molecule has 1 atom stereocenters. The maximum atomic E-state index is 14.9. The van der Waals surface area contributed by atoms with E-state index in [0.29, 0.717) is 24.2 Å². The van der Waals surface area contributed by atoms with E-state index in [9.17, 15) is 4.39 Å². The van der Waals surface area contributed by atoms with Crippen molar-refractivity contribution in [3.8, 4) is 22.6 Å². The van der Waals surface area contributed by atoms with E-state index in [1.54, 1.807) is 7.11 Å². The molecule has 0 amide bonds. The normalized spacial score (nSPS) is 15.6. The lowest BCUT2D eigenvalue weighted by atomic mass is 10.0. The summed E-state index contributed by atoms with van der Waals surface area (Å²) in [7, 11) is 1.66. The van der Waals surface area contributed by atoms with Crippen molar-refractivity contribution < 1.29 is 13.9 Å². The van der Waals surface area contributed by atoms with Crippen molar-refractivity contribution >= 4 is 0 Å². The fraction of sp³-hybridized carbons (Fsp3) is 0.250. The maximum Gasteiger partial charge on any atom is 0.164 e. The zero-order valence-corrected chi connectivity index (χ0v) is 16.0. The van der Waals surface area contributed by atoms with Gasteiger partial charge in [-0.2, -0.15) is 0 Å². The molecule has 1 N–H and O–H groups in total. The Bertz CT molecular complexity index is 928. The van der Waals surface area contributed by atoms with Gasteiger partial charge in [-0.05, 0) is 30.0 Å². The monoisotopic (exact) mass is 377 g/mol. The Labute approximate surface area is 165 Å². The van der Waals surface area contributed by atoms with Crippen LogP contribution in [0.2, 0.25) is 0 Å². The molecule has 28 heavy (non-hydrogen) atoms. The van der Waals surface area contributed by atoms with Crippen molar-refractivity contribution in [2.45, 2.75) is 25.5 Å². The molecule has 0 aromatic heterocycles. The molecule has 1 aliphatic rings. The van der Waals surface area contributed by atoms with Crippen molar-refractivity contribution in [1.29, 1.82) is 0 Å². The van der Waals surface area contributed by atoms with E-state index in [1.807, 2.05) is 60.7 Å². The van der Waals surface area contributed by atoms with E-state index in [2.05, 4.69) is 11.4 Å². The molecule has 0 fully saturated rings. The van der Waals surface area contributed by atoms with Gasteiger partial charge in [0.05, 0.1) is 7.11 Å². The average molecular weight is 377 g/mol. The Hall–Kier alpha value is -2.85. The molecule has 0 saturated heterocycles. The Morgan fingerprint density at radius 2 is 1.86 bits per heavy atom. The average Bonchev–Trinajstić information content (AvgIpc) is 2.75. The molecule has 0 bridgehead atoms. The molecule has 144 valence electrons. The summed E-state index contributed by atoms with van der Waals surface area (Å²) in [5.74, 6) is 1.43. The molecule has 3 aromatic carbocycles. The topological polar surface area (TPSA) is 30.5 Å². The summed E-state index contributed by atoms with van der Waals surface area (Å²) >= 11 is 0. The largest absolute Gasteiger partial charge is 0.493 e. The molecule has 0 radical (unpaired) electrons. The van der Waals surface area contributed by atoms with Crippen LogP contribution in [0.25, 0.3) is 11.1 Å². The molecule has 0 aliphatic carbocycles. The molecule has 0 unspecified atom stereocenters. The number of methoxy groups -OCH3 is 1. The zero-order chi connectivity index (χ0) is 19.3. The highest BCUT2D eigenvalue weighted by atomic mass is 19.1. The minimum absolute atomic E-state index is 0.0455. The third kappa shape index (κ3) is 3.87. The van der Waals surface area contributed by atoms with Crippen molar-refractivity contribution in [2.24, 2.45) is 0 Å². The van der Waals surface area contributed by atoms with E-state index in [1.165, 1.54) is 5.56 Å². The minimum Gasteiger partial charge on any atom is -0.493 e. The Balaban J connectivity index is 1.40. The molecular formula is C24H24FNO2. The fourth-order valence-corrected chi connectivity index (χ4v) is 3.66. The highest BCUT2D eigenvalue weighted by Gasteiger charge is 2.22. The number of nitrogens with one attached hydrogen (secondary N) is 1. The number of hydrogen-bond donors (Lipinski definition) is 1. The van der Waals surface area contributed by atoms with Crippen molar-refractivity contribution in [2.75, 3.05) is 13.7 Å². The van der Waals surface area contributed by atoms with Gasteiger partial charge in [-0.3, -0.25) is 0 Å². The van der Waals surface area contributed by atoms with Crippen LogP contribution in [0.5, 0.6) is 11.5 Å². The molecule has 3 nitrogen and oxygen atoms in total. The predicted molar refractivity (Wildman–Crippen MR) is 109 cm³/mol. The second-order valence-electron chi connectivity index (χ2n) is 7.00. The number of fused-ring (bicyclic) bond motifs is 1. The highest BCUT2D eigenvalue weighted by Crippen LogP contribution is 2.36. The van der Waals surface area contributed by atoms with E-state index < -0.39 is 0 Å². The van der Waals surface area contributed by atoms with Crippen LogP contribution in [0.1, 0.15) is 17.5 Å². The minimum atomic E-state index is -0.169. The second-order valence-corrected chi connectivity index (χ2v) is 7.00. The van der Waals surface area contributed by atoms with Gasteiger partial charge in [-0.25, -0.2) is 4.39 Å². The first-order valence-electron chi connectivity index (χ1n) is 9.62. The van der Waals surface area contributed by atoms with Crippen LogP contribution in [0.15, 0.2) is 66.7 Å². The summed E-state index contributed by atoms with van der Waals surface area (Å²) in [5, 5.41) is 3.35. The number of hydrogen-bond acceptors (Lipinski definition) is 3. The molecule has 3 aromatic rings. The number of benzene rings is 3. The highest BCUT2D eigenvalue weighted by molar-refractivity contribution is 5.64. The molecule has 4 heteroatoms. The van der Waals surface area contributed by atoms with Crippen molar-refractivity contribution in [3.63, 3.8) is 0 Å². The smallest absolute Gasteiger partial charge is 0.164 e. The Kier molecular flexibility index (Phi) is 5.58. The summed E-state index contributed by atoms with van der Waals surface area (Å²) in [6.07, 6.45) is 1.93. The lowest BCUT2D eigenvalue weighted by Gasteiger charge is -2.27. The second kappa shape index (κ2) is 8.44. The number of aryl methyl sites for hydroxylation is 1. The molecule has 4 rings (SSSR count). The number of halogens is 1. The molecular weight excluding hydrogens is 353 g/mol. The first-order valence-corrected chi connectivity index (χ1v) is 9.62. The van der Waals surface area contributed by atoms with E-state index in [-0.39, 0.29) is 11.9 Å². The summed E-state index contributed by atoms with van der Waals surface area (Å²) in [6, 6.07) is 21.2. The molecule has 0 spiro atoms. The van der Waals surface area contributed by atoms with Crippen molar-refractivity contribution in [1.82, 2.24) is 5.32 Å². The van der Waals surface area contributed by atoms with Gasteiger partial charge in [0.15, 0.2) is 11.5 Å². The molecule has 0 saturated carbocycles. The van der Waals surface area contributed by atoms with Crippen LogP contribution in [0, 0.1) is 5.82 Å². The summed E-state index contributed by atoms with van der Waals surface area (Å²) < 4.78 is 26.5. The predicted octanol–water partition coefficient (Wildman–Crippen LogP) is 4.98. The van der Waals surface area contributed by atoms with Crippen LogP contribution >= 0.6 is 0 Å². The number of ether oxygens (including phenoxy) is 2. The molecule has 1 heterocycles. The van der Waals surface area contributed by atoms with Gasteiger partial charge in [0.1, 0.15) is 11.9 Å². The van der Waals surface area contributed by atoms with Crippen molar-refractivity contribution in [3.05, 3.63) is 83.7 Å². The Morgan fingerprint density at radius 1 is 1.04 bits per heavy atom. The quantitative estimate of drug-likeness (QED) is 0.657. The maximum absolute atomic E-state index is 14.9. The summed E-state index contributed by atoms with van der Waals surface area (Å²) in [4.78, 5) is 0. The van der Waals surface area contributed by atoms with Crippen LogP contribution in [0.4, 0.5) is 4.39 Å². The van der Waals surface area contributed by atoms with Gasteiger partial charge < -0.3 is 14.8 Å². The van der Waals surface area contributed by atoms with Crippen LogP contribution in [-0.2, 0) is 13.0 Å². The molecule has 1 aliphatic heterocycles.